The molecule has 0 amide bonds. The molecule has 3 rings (SSSR count). The Kier molecular flexibility index (Phi) is 3.53. The average molecular weight is 260 g/mol. The predicted molar refractivity (Wildman–Crippen MR) is 76.4 cm³/mol. The first-order valence-electron chi connectivity index (χ1n) is 7.63. The maximum absolute atomic E-state index is 10.8. The third kappa shape index (κ3) is 2.51. The van der Waals surface area contributed by atoms with Crippen LogP contribution in [0.15, 0.2) is 18.2 Å². The van der Waals surface area contributed by atoms with E-state index in [1.807, 2.05) is 6.07 Å². The Hall–Kier alpha value is -1.02. The normalized spacial score (nSPS) is 23.3. The van der Waals surface area contributed by atoms with E-state index < -0.39 is 0 Å². The first-order valence-corrected chi connectivity index (χ1v) is 7.63. The molecule has 1 unspecified atom stereocenters. The predicted octanol–water partition coefficient (Wildman–Crippen LogP) is 4.02. The van der Waals surface area contributed by atoms with Crippen LogP contribution in [-0.4, -0.2) is 11.7 Å². The summed E-state index contributed by atoms with van der Waals surface area (Å²) in [7, 11) is 0. The molecular weight excluding hydrogens is 236 g/mol. The van der Waals surface area contributed by atoms with Crippen molar-refractivity contribution in [2.45, 2.75) is 58.0 Å². The number of benzene rings is 1. The summed E-state index contributed by atoms with van der Waals surface area (Å²) in [4.78, 5) is 0. The van der Waals surface area contributed by atoms with E-state index in [0.29, 0.717) is 0 Å². The van der Waals surface area contributed by atoms with Crippen molar-refractivity contribution in [1.29, 1.82) is 0 Å². The molecule has 1 N–H and O–H groups in total. The van der Waals surface area contributed by atoms with Gasteiger partial charge in [0.15, 0.2) is 0 Å². The number of aryl methyl sites for hydroxylation is 1. The van der Waals surface area contributed by atoms with Gasteiger partial charge in [0.25, 0.3) is 0 Å². The summed E-state index contributed by atoms with van der Waals surface area (Å²) in [6.07, 6.45) is 7.93. The van der Waals surface area contributed by atoms with E-state index in [0.717, 1.165) is 43.6 Å². The topological polar surface area (TPSA) is 29.5 Å². The van der Waals surface area contributed by atoms with Gasteiger partial charge in [0.1, 0.15) is 5.75 Å². The highest BCUT2D eigenvalue weighted by molar-refractivity contribution is 5.39. The second kappa shape index (κ2) is 5.16. The smallest absolute Gasteiger partial charge is 0.122 e. The van der Waals surface area contributed by atoms with Crippen molar-refractivity contribution in [2.24, 2.45) is 5.41 Å². The fourth-order valence-corrected chi connectivity index (χ4v) is 3.59. The highest BCUT2D eigenvalue weighted by atomic mass is 16.5. The second-order valence-corrected chi connectivity index (χ2v) is 6.44. The molecule has 1 atom stereocenters. The fraction of sp³-hybridized carbons (Fsp3) is 0.647. The van der Waals surface area contributed by atoms with Crippen LogP contribution in [0.2, 0.25) is 0 Å². The molecule has 0 aromatic heterocycles. The van der Waals surface area contributed by atoms with Crippen LogP contribution in [0.3, 0.4) is 0 Å². The van der Waals surface area contributed by atoms with E-state index in [9.17, 15) is 5.11 Å². The lowest BCUT2D eigenvalue weighted by Crippen LogP contribution is -2.28. The molecule has 0 radical (unpaired) electrons. The van der Waals surface area contributed by atoms with Gasteiger partial charge in [-0.2, -0.15) is 0 Å². The van der Waals surface area contributed by atoms with Crippen LogP contribution in [0.5, 0.6) is 5.75 Å². The first kappa shape index (κ1) is 13.0. The molecule has 0 bridgehead atoms. The Balaban J connectivity index is 1.84. The summed E-state index contributed by atoms with van der Waals surface area (Å²) in [5.74, 6) is 1.01. The van der Waals surface area contributed by atoms with E-state index in [-0.39, 0.29) is 11.5 Å². The first-order chi connectivity index (χ1) is 9.19. The fourth-order valence-electron chi connectivity index (χ4n) is 3.59. The number of hydrogen-bond donors (Lipinski definition) is 1. The molecule has 1 aliphatic heterocycles. The van der Waals surface area contributed by atoms with Gasteiger partial charge in [-0.1, -0.05) is 32.3 Å². The Morgan fingerprint density at radius 1 is 1.16 bits per heavy atom. The molecule has 2 nitrogen and oxygen atoms in total. The van der Waals surface area contributed by atoms with Gasteiger partial charge >= 0.3 is 0 Å². The van der Waals surface area contributed by atoms with Crippen molar-refractivity contribution >= 4 is 0 Å². The number of rotatable bonds is 2. The third-order valence-electron chi connectivity index (χ3n) is 4.90. The molecule has 1 heterocycles. The summed E-state index contributed by atoms with van der Waals surface area (Å²) in [5, 5.41) is 10.8. The minimum absolute atomic E-state index is 0.0576. The number of aliphatic hydroxyl groups is 1. The summed E-state index contributed by atoms with van der Waals surface area (Å²) in [6.45, 7) is 3.07. The van der Waals surface area contributed by atoms with Gasteiger partial charge in [0.2, 0.25) is 0 Å². The maximum atomic E-state index is 10.8. The Bertz CT molecular complexity index is 447. The van der Waals surface area contributed by atoms with Crippen molar-refractivity contribution in [3.8, 4) is 5.75 Å². The molecule has 1 aromatic rings. The summed E-state index contributed by atoms with van der Waals surface area (Å²) < 4.78 is 5.65. The summed E-state index contributed by atoms with van der Waals surface area (Å²) in [5.41, 5.74) is 2.40. The van der Waals surface area contributed by atoms with Crippen LogP contribution in [0, 0.1) is 5.41 Å². The van der Waals surface area contributed by atoms with E-state index in [2.05, 4.69) is 19.1 Å². The maximum Gasteiger partial charge on any atom is 0.122 e. The number of aliphatic hydroxyl groups excluding tert-OH is 1. The van der Waals surface area contributed by atoms with Crippen molar-refractivity contribution in [2.75, 3.05) is 6.61 Å². The zero-order valence-electron chi connectivity index (χ0n) is 11.8. The molecule has 0 saturated heterocycles. The van der Waals surface area contributed by atoms with E-state index >= 15 is 0 Å². The summed E-state index contributed by atoms with van der Waals surface area (Å²) >= 11 is 0. The molecule has 1 saturated carbocycles. The number of hydrogen-bond acceptors (Lipinski definition) is 2. The lowest BCUT2D eigenvalue weighted by molar-refractivity contribution is 0.00808. The van der Waals surface area contributed by atoms with Gasteiger partial charge in [0, 0.05) is 0 Å². The Labute approximate surface area is 115 Å². The SMILES string of the molecule is CC1(C(O)c2ccc3c(c2)CCCO3)CCCCC1. The average Bonchev–Trinajstić information content (AvgIpc) is 2.47. The van der Waals surface area contributed by atoms with Crippen molar-refractivity contribution < 1.29 is 9.84 Å². The van der Waals surface area contributed by atoms with Crippen LogP contribution in [0.25, 0.3) is 0 Å². The second-order valence-electron chi connectivity index (χ2n) is 6.44. The highest BCUT2D eigenvalue weighted by Gasteiger charge is 2.35. The zero-order valence-corrected chi connectivity index (χ0v) is 11.8. The minimum atomic E-state index is -0.333. The number of ether oxygens (including phenoxy) is 1. The van der Waals surface area contributed by atoms with Crippen molar-refractivity contribution in [3.05, 3.63) is 29.3 Å². The molecular formula is C17H24O2. The lowest BCUT2D eigenvalue weighted by atomic mass is 9.70. The molecule has 1 aliphatic carbocycles. The Morgan fingerprint density at radius 2 is 1.95 bits per heavy atom. The molecule has 2 heteroatoms. The quantitative estimate of drug-likeness (QED) is 0.870. The lowest BCUT2D eigenvalue weighted by Gasteiger charge is -2.38. The highest BCUT2D eigenvalue weighted by Crippen LogP contribution is 2.46. The standard InChI is InChI=1S/C17H24O2/c1-17(9-3-2-4-10-17)16(18)14-7-8-15-13(12-14)6-5-11-19-15/h7-8,12,16,18H,2-6,9-11H2,1H3. The molecule has 2 aliphatic rings. The van der Waals surface area contributed by atoms with E-state index in [1.54, 1.807) is 0 Å². The molecule has 104 valence electrons. The summed E-state index contributed by atoms with van der Waals surface area (Å²) in [6, 6.07) is 6.26. The van der Waals surface area contributed by atoms with Gasteiger partial charge < -0.3 is 9.84 Å². The third-order valence-corrected chi connectivity index (χ3v) is 4.90. The van der Waals surface area contributed by atoms with Crippen LogP contribution >= 0.6 is 0 Å². The Morgan fingerprint density at radius 3 is 2.74 bits per heavy atom. The molecule has 1 aromatic carbocycles. The zero-order chi connectivity index (χ0) is 13.3. The van der Waals surface area contributed by atoms with Gasteiger partial charge in [-0.15, -0.1) is 0 Å². The largest absolute Gasteiger partial charge is 0.493 e. The van der Waals surface area contributed by atoms with Crippen molar-refractivity contribution in [3.63, 3.8) is 0 Å². The molecule has 1 fully saturated rings. The van der Waals surface area contributed by atoms with Crippen LogP contribution in [-0.2, 0) is 6.42 Å². The number of fused-ring (bicyclic) bond motifs is 1. The van der Waals surface area contributed by atoms with Gasteiger partial charge in [-0.05, 0) is 54.4 Å². The molecule has 0 spiro atoms. The van der Waals surface area contributed by atoms with Crippen molar-refractivity contribution in [1.82, 2.24) is 0 Å². The minimum Gasteiger partial charge on any atom is -0.493 e. The van der Waals surface area contributed by atoms with Gasteiger partial charge in [-0.3, -0.25) is 0 Å². The van der Waals surface area contributed by atoms with Crippen LogP contribution < -0.4 is 4.74 Å². The molecule has 19 heavy (non-hydrogen) atoms. The van der Waals surface area contributed by atoms with E-state index in [1.165, 1.54) is 24.8 Å². The van der Waals surface area contributed by atoms with E-state index in [4.69, 9.17) is 4.74 Å². The van der Waals surface area contributed by atoms with Crippen LogP contribution in [0.1, 0.15) is 62.7 Å². The van der Waals surface area contributed by atoms with Crippen LogP contribution in [0.4, 0.5) is 0 Å². The van der Waals surface area contributed by atoms with Gasteiger partial charge in [0.05, 0.1) is 12.7 Å². The monoisotopic (exact) mass is 260 g/mol. The van der Waals surface area contributed by atoms with Gasteiger partial charge in [-0.25, -0.2) is 0 Å².